The molecule has 3 heteroatoms. The lowest BCUT2D eigenvalue weighted by Gasteiger charge is -2.39. The molecule has 1 aromatic rings. The summed E-state index contributed by atoms with van der Waals surface area (Å²) in [5.74, 6) is 0. The lowest BCUT2D eigenvalue weighted by molar-refractivity contribution is -0.140. The summed E-state index contributed by atoms with van der Waals surface area (Å²) in [4.78, 5) is 4.03. The van der Waals surface area contributed by atoms with Crippen molar-refractivity contribution >= 4 is 11.6 Å². The van der Waals surface area contributed by atoms with Crippen LogP contribution in [-0.2, 0) is 10.3 Å². The first-order valence-electron chi connectivity index (χ1n) is 3.96. The lowest BCUT2D eigenvalue weighted by Crippen LogP contribution is -2.37. The van der Waals surface area contributed by atoms with E-state index in [0.717, 1.165) is 23.6 Å². The molecule has 1 atom stereocenters. The molecule has 1 aliphatic heterocycles. The van der Waals surface area contributed by atoms with Crippen molar-refractivity contribution in [3.8, 4) is 0 Å². The second-order valence-electron chi connectivity index (χ2n) is 3.18. The highest BCUT2D eigenvalue weighted by molar-refractivity contribution is 6.31. The number of pyridine rings is 1. The van der Waals surface area contributed by atoms with E-state index in [1.165, 1.54) is 0 Å². The van der Waals surface area contributed by atoms with Crippen LogP contribution < -0.4 is 0 Å². The van der Waals surface area contributed by atoms with E-state index in [4.69, 9.17) is 16.3 Å². The molecule has 1 aliphatic rings. The van der Waals surface area contributed by atoms with Crippen LogP contribution in [0.25, 0.3) is 0 Å². The Balaban J connectivity index is 2.39. The molecule has 0 N–H and O–H groups in total. The fraction of sp³-hybridized carbons (Fsp3) is 0.444. The second kappa shape index (κ2) is 2.71. The van der Waals surface area contributed by atoms with Gasteiger partial charge in [-0.15, -0.1) is 0 Å². The van der Waals surface area contributed by atoms with E-state index < -0.39 is 0 Å². The van der Waals surface area contributed by atoms with Gasteiger partial charge in [-0.3, -0.25) is 4.98 Å². The Kier molecular flexibility index (Phi) is 1.81. The number of aromatic nitrogens is 1. The van der Waals surface area contributed by atoms with Gasteiger partial charge < -0.3 is 4.74 Å². The minimum absolute atomic E-state index is 0.189. The molecule has 1 saturated heterocycles. The molecular weight excluding hydrogens is 174 g/mol. The van der Waals surface area contributed by atoms with Crippen molar-refractivity contribution in [1.82, 2.24) is 4.98 Å². The zero-order valence-corrected chi connectivity index (χ0v) is 7.64. The van der Waals surface area contributed by atoms with Crippen molar-refractivity contribution in [2.75, 3.05) is 6.61 Å². The topological polar surface area (TPSA) is 22.1 Å². The van der Waals surface area contributed by atoms with Crippen molar-refractivity contribution < 1.29 is 4.74 Å². The maximum atomic E-state index is 6.00. The average Bonchev–Trinajstić information content (AvgIpc) is 2.01. The first-order valence-corrected chi connectivity index (χ1v) is 4.34. The van der Waals surface area contributed by atoms with Crippen LogP contribution in [0, 0.1) is 0 Å². The van der Waals surface area contributed by atoms with Crippen molar-refractivity contribution in [2.45, 2.75) is 18.9 Å². The summed E-state index contributed by atoms with van der Waals surface area (Å²) in [6.07, 6.45) is 4.49. The predicted octanol–water partition coefficient (Wildman–Crippen LogP) is 2.37. The van der Waals surface area contributed by atoms with Gasteiger partial charge in [-0.05, 0) is 13.0 Å². The van der Waals surface area contributed by atoms with E-state index in [0.29, 0.717) is 0 Å². The summed E-state index contributed by atoms with van der Waals surface area (Å²) in [6.45, 7) is 2.86. The molecule has 0 bridgehead atoms. The molecule has 0 amide bonds. The third-order valence-electron chi connectivity index (χ3n) is 2.34. The van der Waals surface area contributed by atoms with Gasteiger partial charge in [0, 0.05) is 29.4 Å². The maximum absolute atomic E-state index is 6.00. The van der Waals surface area contributed by atoms with E-state index in [1.54, 1.807) is 18.5 Å². The van der Waals surface area contributed by atoms with E-state index in [1.807, 2.05) is 6.92 Å². The molecule has 12 heavy (non-hydrogen) atoms. The van der Waals surface area contributed by atoms with Gasteiger partial charge in [0.1, 0.15) is 0 Å². The number of hydrogen-bond donors (Lipinski definition) is 0. The van der Waals surface area contributed by atoms with E-state index in [-0.39, 0.29) is 5.60 Å². The highest BCUT2D eigenvalue weighted by atomic mass is 35.5. The summed E-state index contributed by atoms with van der Waals surface area (Å²) in [5, 5.41) is 0.743. The first-order chi connectivity index (χ1) is 5.72. The molecule has 2 heterocycles. The number of hydrogen-bond acceptors (Lipinski definition) is 2. The minimum Gasteiger partial charge on any atom is -0.370 e. The van der Waals surface area contributed by atoms with Crippen LogP contribution in [0.2, 0.25) is 5.02 Å². The predicted molar refractivity (Wildman–Crippen MR) is 47.2 cm³/mol. The van der Waals surface area contributed by atoms with Crippen LogP contribution >= 0.6 is 11.6 Å². The standard InChI is InChI=1S/C9H10ClNO/c1-9(3-5-12-9)7-6-11-4-2-8(7)10/h2,4,6H,3,5H2,1H3. The van der Waals surface area contributed by atoms with Crippen LogP contribution in [0.5, 0.6) is 0 Å². The van der Waals surface area contributed by atoms with Gasteiger partial charge in [-0.2, -0.15) is 0 Å². The quantitative estimate of drug-likeness (QED) is 0.667. The summed E-state index contributed by atoms with van der Waals surface area (Å²) < 4.78 is 5.46. The molecule has 0 aliphatic carbocycles. The van der Waals surface area contributed by atoms with Crippen LogP contribution in [-0.4, -0.2) is 11.6 Å². The zero-order chi connectivity index (χ0) is 8.60. The monoisotopic (exact) mass is 183 g/mol. The van der Waals surface area contributed by atoms with Gasteiger partial charge >= 0.3 is 0 Å². The molecule has 1 unspecified atom stereocenters. The van der Waals surface area contributed by atoms with Crippen molar-refractivity contribution in [2.24, 2.45) is 0 Å². The van der Waals surface area contributed by atoms with E-state index in [2.05, 4.69) is 4.98 Å². The van der Waals surface area contributed by atoms with Gasteiger partial charge in [0.05, 0.1) is 12.2 Å². The van der Waals surface area contributed by atoms with Crippen molar-refractivity contribution in [3.63, 3.8) is 0 Å². The third-order valence-corrected chi connectivity index (χ3v) is 2.67. The van der Waals surface area contributed by atoms with E-state index >= 15 is 0 Å². The summed E-state index contributed by atoms with van der Waals surface area (Å²) in [7, 11) is 0. The molecule has 0 aromatic carbocycles. The Hall–Kier alpha value is -0.600. The van der Waals surface area contributed by atoms with Crippen molar-refractivity contribution in [3.05, 3.63) is 29.0 Å². The molecule has 0 radical (unpaired) electrons. The SMILES string of the molecule is CC1(c2cnccc2Cl)CCO1. The number of rotatable bonds is 1. The Morgan fingerprint density at radius 1 is 1.67 bits per heavy atom. The number of ether oxygens (including phenoxy) is 1. The zero-order valence-electron chi connectivity index (χ0n) is 6.88. The van der Waals surface area contributed by atoms with Crippen molar-refractivity contribution in [1.29, 1.82) is 0 Å². The molecule has 1 fully saturated rings. The van der Waals surface area contributed by atoms with Gasteiger partial charge in [0.25, 0.3) is 0 Å². The average molecular weight is 184 g/mol. The Labute approximate surface area is 76.5 Å². The Morgan fingerprint density at radius 2 is 2.42 bits per heavy atom. The summed E-state index contributed by atoms with van der Waals surface area (Å²) in [5.41, 5.74) is 0.809. The Bertz CT molecular complexity index is 296. The van der Waals surface area contributed by atoms with Gasteiger partial charge in [0.15, 0.2) is 0 Å². The highest BCUT2D eigenvalue weighted by Gasteiger charge is 2.36. The van der Waals surface area contributed by atoms with Gasteiger partial charge in [-0.25, -0.2) is 0 Å². The largest absolute Gasteiger partial charge is 0.370 e. The normalized spacial score (nSPS) is 28.2. The molecule has 1 aromatic heterocycles. The summed E-state index contributed by atoms with van der Waals surface area (Å²) >= 11 is 6.00. The van der Waals surface area contributed by atoms with Crippen LogP contribution in [0.1, 0.15) is 18.9 Å². The van der Waals surface area contributed by atoms with Crippen LogP contribution in [0.4, 0.5) is 0 Å². The Morgan fingerprint density at radius 3 is 2.92 bits per heavy atom. The van der Waals surface area contributed by atoms with Gasteiger partial charge in [-0.1, -0.05) is 11.6 Å². The molecule has 0 saturated carbocycles. The fourth-order valence-electron chi connectivity index (χ4n) is 1.39. The molecule has 0 spiro atoms. The number of nitrogens with zero attached hydrogens (tertiary/aromatic N) is 1. The minimum atomic E-state index is -0.189. The highest BCUT2D eigenvalue weighted by Crippen LogP contribution is 2.39. The smallest absolute Gasteiger partial charge is 0.0954 e. The summed E-state index contributed by atoms with van der Waals surface area (Å²) in [6, 6.07) is 1.80. The fourth-order valence-corrected chi connectivity index (χ4v) is 1.69. The van der Waals surface area contributed by atoms with E-state index in [9.17, 15) is 0 Å². The number of halogens is 1. The molecule has 2 nitrogen and oxygen atoms in total. The third kappa shape index (κ3) is 1.11. The maximum Gasteiger partial charge on any atom is 0.0954 e. The second-order valence-corrected chi connectivity index (χ2v) is 3.59. The van der Waals surface area contributed by atoms with Crippen LogP contribution in [0.15, 0.2) is 18.5 Å². The van der Waals surface area contributed by atoms with Crippen LogP contribution in [0.3, 0.4) is 0 Å². The lowest BCUT2D eigenvalue weighted by atomic mass is 9.90. The molecule has 2 rings (SSSR count). The first kappa shape index (κ1) is 8.02. The molecule has 64 valence electrons. The molecular formula is C9H10ClNO. The van der Waals surface area contributed by atoms with Gasteiger partial charge in [0.2, 0.25) is 0 Å².